The van der Waals surface area contributed by atoms with Gasteiger partial charge in [-0.3, -0.25) is 43.8 Å². The summed E-state index contributed by atoms with van der Waals surface area (Å²) in [6.07, 6.45) is -22.2. The van der Waals surface area contributed by atoms with Crippen LogP contribution < -0.4 is 79.9 Å². The third-order valence-corrected chi connectivity index (χ3v) is 20.5. The number of amides is 8. The van der Waals surface area contributed by atoms with E-state index in [1.54, 1.807) is 0 Å². The number of nitrogens with two attached hydrogens (primary N) is 4. The van der Waals surface area contributed by atoms with Crippen LogP contribution in [0.2, 0.25) is 5.02 Å². The molecule has 111 heavy (non-hydrogen) atoms. The van der Waals surface area contributed by atoms with Crippen molar-refractivity contribution in [2.75, 3.05) is 13.7 Å². The molecular weight excluding hydrogens is 1480 g/mol. The summed E-state index contributed by atoms with van der Waals surface area (Å²) in [5, 5.41) is 121. The van der Waals surface area contributed by atoms with Gasteiger partial charge in [0.2, 0.25) is 53.4 Å². The molecule has 9 unspecified atom stereocenters. The Kier molecular flexibility index (Phi) is 24.7. The quantitative estimate of drug-likeness (QED) is 0.0325. The molecule has 8 aliphatic heterocycles. The van der Waals surface area contributed by atoms with Crippen molar-refractivity contribution in [2.24, 2.45) is 29.0 Å². The van der Waals surface area contributed by atoms with Gasteiger partial charge in [-0.25, -0.2) is 5.84 Å². The van der Waals surface area contributed by atoms with E-state index in [4.69, 9.17) is 72.5 Å². The van der Waals surface area contributed by atoms with Gasteiger partial charge in [-0.15, -0.1) is 0 Å². The number of ether oxygens (including phenoxy) is 8. The van der Waals surface area contributed by atoms with E-state index in [1.807, 2.05) is 19.3 Å². The third kappa shape index (κ3) is 17.7. The Labute approximate surface area is 639 Å². The fourth-order valence-electron chi connectivity index (χ4n) is 14.3. The summed E-state index contributed by atoms with van der Waals surface area (Å²) in [4.78, 5) is 120. The molecule has 22 atom stereocenters. The Balaban J connectivity index is 1.18. The Hall–Kier alpha value is -9.65. The number of benzene rings is 5. The minimum absolute atomic E-state index is 0.0161. The SMILES string of the molecule is CNC(CC(C)C)C(=O)NC1C(=O)NC(CC(N)=O)C(=O)NC2C(=O)NC3C(=O)NC(C(=O)NC(C(=O)NN)c4cc(O)cc(O)c4-c4cc3ccc4O)C(O[C@@H]3C[C@@](C)(N)[C@H](O)[C@@H](C)O3)c3ccc(cc3)Oc3cc2cc(c3O[C@H]2O[C@@H](CO)[C@H](O)[C@@H](O)[C@@H]2O[C@@H]2C[C@@](C)(N)[C@H](O)[C@@H](C)O2)Oc2ccc(cc2Cl)C1O. The minimum atomic E-state index is -2.34. The predicted octanol–water partition coefficient (Wildman–Crippen LogP) is -1.40. The number of hydrogen-bond donors (Lipinski definition) is 21. The van der Waals surface area contributed by atoms with Crippen molar-refractivity contribution in [3.63, 3.8) is 0 Å². The van der Waals surface area contributed by atoms with Crippen LogP contribution in [-0.2, 0) is 62.0 Å². The van der Waals surface area contributed by atoms with Crippen LogP contribution in [0.4, 0.5) is 0 Å². The van der Waals surface area contributed by atoms with Crippen LogP contribution in [-0.4, -0.2) is 210 Å². The molecule has 0 radical (unpaired) electrons. The second-order valence-electron chi connectivity index (χ2n) is 29.3. The molecule has 38 heteroatoms. The first kappa shape index (κ1) is 82.3. The number of likely N-dealkylation sites (N-methyl/N-ethyl adjacent to an activating group) is 1. The van der Waals surface area contributed by atoms with Crippen molar-refractivity contribution >= 4 is 58.9 Å². The zero-order valence-electron chi connectivity index (χ0n) is 61.0. The van der Waals surface area contributed by atoms with Crippen molar-refractivity contribution in [1.29, 1.82) is 0 Å². The molecular formula is C73H91ClN12O25. The number of halogens is 1. The van der Waals surface area contributed by atoms with Gasteiger partial charge < -0.3 is 138 Å². The van der Waals surface area contributed by atoms with Crippen LogP contribution in [0.1, 0.15) is 125 Å². The van der Waals surface area contributed by atoms with Gasteiger partial charge in [0.25, 0.3) is 5.91 Å². The van der Waals surface area contributed by atoms with Gasteiger partial charge in [0.05, 0.1) is 48.5 Å². The molecule has 8 aliphatic rings. The summed E-state index contributed by atoms with van der Waals surface area (Å²) in [6.45, 7) is 8.70. The van der Waals surface area contributed by atoms with Crippen LogP contribution in [0.5, 0.6) is 46.0 Å². The molecule has 600 valence electrons. The lowest BCUT2D eigenvalue weighted by Crippen LogP contribution is -2.64. The number of hydrogen-bond acceptors (Lipinski definition) is 29. The maximum Gasteiger partial charge on any atom is 0.261 e. The molecule has 11 bridgehead atoms. The lowest BCUT2D eigenvalue weighted by molar-refractivity contribution is -0.333. The van der Waals surface area contributed by atoms with E-state index in [2.05, 4.69) is 37.2 Å². The van der Waals surface area contributed by atoms with Crippen molar-refractivity contribution in [1.82, 2.24) is 42.6 Å². The summed E-state index contributed by atoms with van der Waals surface area (Å²) in [5.41, 5.74) is 15.9. The van der Waals surface area contributed by atoms with Crippen LogP contribution in [0.25, 0.3) is 11.1 Å². The van der Waals surface area contributed by atoms with Gasteiger partial charge in [0, 0.05) is 41.1 Å². The molecule has 5 aromatic rings. The van der Waals surface area contributed by atoms with Gasteiger partial charge in [0.15, 0.2) is 30.2 Å². The van der Waals surface area contributed by atoms with Crippen molar-refractivity contribution in [3.05, 3.63) is 118 Å². The standard InChI is InChI=1S/C73H91ClN12O25/c1-27(2)16-39(79-7)64(97)84-54-56(92)32-11-15-43(38(74)18-32)107-45-20-33-19-44(60(45)111-71-61(58(94)57(93)46(26-87)108-71)110-49-25-73(6,77)63(96)29(4)105-49)106-35-12-8-30(9-13-35)59(109-48-24-72(5,76)62(95)28(3)104-48)55-69(102)83-53(70(103)86-78)37-21-34(88)22-42(90)50(37)36-17-31(10-14-41(36)89)51(66(99)85-55)82-67(100)52(33)81-65(98)40(23-47(75)91)80-68(54)101/h8-15,17-22,27-29,39-40,46,48-49,51-59,61-63,71,79,87-90,92-96H,16,23-26,76-78H2,1-7H3,(H2,75,91)(H,80,101)(H,81,98)(H,82,100)(H,83,102)(H,84,97)(H,85,99)(H,86,103)/t28-,29-,39?,40?,46+,48-,49-,51?,52?,53?,54?,55?,56?,57+,58-,59?,61+,62-,63-,71-,72-,73-/m1/s1. The highest BCUT2D eigenvalue weighted by Gasteiger charge is 2.52. The summed E-state index contributed by atoms with van der Waals surface area (Å²) < 4.78 is 51.8. The van der Waals surface area contributed by atoms with E-state index < -0.39 is 250 Å². The molecule has 37 nitrogen and oxygen atoms in total. The van der Waals surface area contributed by atoms with Gasteiger partial charge >= 0.3 is 0 Å². The van der Waals surface area contributed by atoms with Crippen molar-refractivity contribution in [3.8, 4) is 57.1 Å². The van der Waals surface area contributed by atoms with Crippen LogP contribution in [0.15, 0.2) is 84.9 Å². The first-order valence-corrected chi connectivity index (χ1v) is 35.9. The normalized spacial score (nSPS) is 32.0. The van der Waals surface area contributed by atoms with E-state index in [1.165, 1.54) is 71.1 Å². The fraction of sp³-hybridized carbons (Fsp3) is 0.479. The third-order valence-electron chi connectivity index (χ3n) is 20.2. The minimum Gasteiger partial charge on any atom is -0.508 e. The maximum atomic E-state index is 16.4. The number of aromatic hydroxyl groups is 3. The number of carbonyl (C=O) groups excluding carboxylic acids is 8. The number of primary amides is 1. The van der Waals surface area contributed by atoms with Gasteiger partial charge in [-0.1, -0.05) is 49.7 Å². The number of phenols is 3. The first-order chi connectivity index (χ1) is 52.4. The van der Waals surface area contributed by atoms with Gasteiger partial charge in [-0.05, 0) is 129 Å². The number of carbonyl (C=O) groups is 8. The molecule has 0 aromatic heterocycles. The van der Waals surface area contributed by atoms with E-state index in [0.29, 0.717) is 0 Å². The van der Waals surface area contributed by atoms with Crippen LogP contribution >= 0.6 is 11.6 Å². The van der Waals surface area contributed by atoms with Crippen LogP contribution in [0, 0.1) is 5.92 Å². The van der Waals surface area contributed by atoms with Crippen molar-refractivity contribution < 1.29 is 122 Å². The molecule has 0 saturated carbocycles. The zero-order chi connectivity index (χ0) is 80.7. The Morgan fingerprint density at radius 3 is 1.88 bits per heavy atom. The summed E-state index contributed by atoms with van der Waals surface area (Å²) >= 11 is 7.14. The molecule has 25 N–H and O–H groups in total. The van der Waals surface area contributed by atoms with E-state index in [9.17, 15) is 65.1 Å². The van der Waals surface area contributed by atoms with Gasteiger partial charge in [-0.2, -0.15) is 0 Å². The maximum absolute atomic E-state index is 16.4. The largest absolute Gasteiger partial charge is 0.508 e. The number of hydrazine groups is 1. The molecule has 13 rings (SSSR count). The zero-order valence-corrected chi connectivity index (χ0v) is 61.7. The average Bonchev–Trinajstić information content (AvgIpc) is 0.770. The number of nitrogens with one attached hydrogen (secondary N) is 8. The smallest absolute Gasteiger partial charge is 0.261 e. The lowest BCUT2D eigenvalue weighted by Gasteiger charge is -2.47. The second kappa shape index (κ2) is 33.3. The highest BCUT2D eigenvalue weighted by molar-refractivity contribution is 6.32. The summed E-state index contributed by atoms with van der Waals surface area (Å²) in [6, 6.07) is 2.15. The van der Waals surface area contributed by atoms with Gasteiger partial charge in [0.1, 0.15) is 95.5 Å². The highest BCUT2D eigenvalue weighted by atomic mass is 35.5. The Morgan fingerprint density at radius 2 is 1.28 bits per heavy atom. The topological polar surface area (TPSA) is 593 Å². The van der Waals surface area contributed by atoms with Crippen LogP contribution in [0.3, 0.4) is 0 Å². The van der Waals surface area contributed by atoms with Crippen molar-refractivity contribution in [2.45, 2.75) is 201 Å². The number of phenolic OH excluding ortho intramolecular Hbond substituents is 3. The Bertz CT molecular complexity index is 4370. The molecule has 0 aliphatic carbocycles. The lowest BCUT2D eigenvalue weighted by atomic mass is 9.86. The summed E-state index contributed by atoms with van der Waals surface area (Å²) in [7, 11) is 1.48. The van der Waals surface area contributed by atoms with E-state index in [-0.39, 0.29) is 58.4 Å². The molecule has 0 spiro atoms. The number of rotatable bonds is 15. The molecule has 3 saturated heterocycles. The van der Waals surface area contributed by atoms with E-state index in [0.717, 1.165) is 48.5 Å². The Morgan fingerprint density at radius 1 is 0.676 bits per heavy atom. The predicted molar refractivity (Wildman–Crippen MR) is 385 cm³/mol. The molecule has 8 amide bonds. The molecule has 5 aromatic carbocycles. The monoisotopic (exact) mass is 1570 g/mol. The number of aliphatic hydroxyl groups excluding tert-OH is 6. The number of fused-ring (bicyclic) bond motifs is 15. The number of aliphatic hydroxyl groups is 6. The fourth-order valence-corrected chi connectivity index (χ4v) is 14.5. The second-order valence-corrected chi connectivity index (χ2v) is 29.7. The first-order valence-electron chi connectivity index (χ1n) is 35.5. The average molecular weight is 1570 g/mol. The van der Waals surface area contributed by atoms with E-state index >= 15 is 19.2 Å². The molecule has 3 fully saturated rings. The summed E-state index contributed by atoms with van der Waals surface area (Å²) in [5.74, 6) is -8.79. The highest BCUT2D eigenvalue weighted by Crippen LogP contribution is 2.50. The molecule has 8 heterocycles.